The lowest BCUT2D eigenvalue weighted by Gasteiger charge is -2.26. The molecule has 1 aliphatic rings. The Morgan fingerprint density at radius 2 is 1.93 bits per heavy atom. The third kappa shape index (κ3) is 2.93. The molecule has 8 heteroatoms. The number of carbonyl (C=O) groups excluding carboxylic acids is 2. The number of furan rings is 1. The number of nitrogens with zero attached hydrogens (tertiary/aromatic N) is 1. The molecule has 1 aliphatic heterocycles. The van der Waals surface area contributed by atoms with Crippen LogP contribution in [0.3, 0.4) is 0 Å². The number of aliphatic hydroxyl groups excluding tert-OH is 1. The third-order valence-electron chi connectivity index (χ3n) is 4.51. The van der Waals surface area contributed by atoms with Crippen molar-refractivity contribution in [3.8, 4) is 11.5 Å². The van der Waals surface area contributed by atoms with Gasteiger partial charge in [0.05, 0.1) is 24.4 Å². The molecule has 3 aromatic rings. The minimum atomic E-state index is -0.946. The number of carbonyl (C=O) groups is 2. The summed E-state index contributed by atoms with van der Waals surface area (Å²) >= 11 is 1.44. The van der Waals surface area contributed by atoms with Gasteiger partial charge in [-0.3, -0.25) is 9.59 Å². The van der Waals surface area contributed by atoms with Gasteiger partial charge in [0.1, 0.15) is 0 Å². The lowest BCUT2D eigenvalue weighted by molar-refractivity contribution is -0.130. The molecule has 142 valence electrons. The first kappa shape index (κ1) is 17.9. The molecule has 0 fully saturated rings. The zero-order chi connectivity index (χ0) is 19.8. The Labute approximate surface area is 163 Å². The molecule has 4 rings (SSSR count). The number of aromatic hydroxyl groups is 2. The van der Waals surface area contributed by atoms with E-state index in [-0.39, 0.29) is 23.6 Å². The highest BCUT2D eigenvalue weighted by atomic mass is 32.1. The number of amides is 1. The van der Waals surface area contributed by atoms with Crippen LogP contribution in [0.4, 0.5) is 0 Å². The molecule has 1 amide bonds. The van der Waals surface area contributed by atoms with Gasteiger partial charge < -0.3 is 24.6 Å². The van der Waals surface area contributed by atoms with E-state index in [1.165, 1.54) is 52.8 Å². The van der Waals surface area contributed by atoms with Gasteiger partial charge in [-0.05, 0) is 41.3 Å². The quantitative estimate of drug-likeness (QED) is 0.449. The average Bonchev–Trinajstić information content (AvgIpc) is 3.42. The van der Waals surface area contributed by atoms with E-state index in [0.717, 1.165) is 4.88 Å². The number of hydrogen-bond donors (Lipinski definition) is 3. The maximum Gasteiger partial charge on any atom is 0.290 e. The van der Waals surface area contributed by atoms with E-state index in [1.807, 2.05) is 17.5 Å². The van der Waals surface area contributed by atoms with Crippen LogP contribution in [0, 0.1) is 0 Å². The predicted molar refractivity (Wildman–Crippen MR) is 100 cm³/mol. The molecular weight excluding hydrogens is 382 g/mol. The van der Waals surface area contributed by atoms with Crippen molar-refractivity contribution < 1.29 is 29.3 Å². The Kier molecular flexibility index (Phi) is 4.40. The smallest absolute Gasteiger partial charge is 0.290 e. The van der Waals surface area contributed by atoms with Crippen LogP contribution in [0.25, 0.3) is 0 Å². The molecule has 0 aliphatic carbocycles. The van der Waals surface area contributed by atoms with Crippen molar-refractivity contribution in [1.29, 1.82) is 0 Å². The monoisotopic (exact) mass is 397 g/mol. The van der Waals surface area contributed by atoms with Gasteiger partial charge in [0, 0.05) is 4.88 Å². The van der Waals surface area contributed by atoms with E-state index < -0.39 is 29.2 Å². The van der Waals surface area contributed by atoms with Crippen LogP contribution >= 0.6 is 11.3 Å². The number of ketones is 1. The van der Waals surface area contributed by atoms with Crippen molar-refractivity contribution >= 4 is 23.0 Å². The zero-order valence-corrected chi connectivity index (χ0v) is 15.2. The number of Topliss-reactive ketones (excluding diaryl/α,β-unsaturated/α-hetero) is 1. The van der Waals surface area contributed by atoms with Gasteiger partial charge in [-0.1, -0.05) is 12.1 Å². The molecule has 0 saturated heterocycles. The van der Waals surface area contributed by atoms with E-state index in [9.17, 15) is 24.9 Å². The summed E-state index contributed by atoms with van der Waals surface area (Å²) in [5.74, 6) is -2.71. The van der Waals surface area contributed by atoms with Gasteiger partial charge in [0.25, 0.3) is 5.91 Å². The van der Waals surface area contributed by atoms with E-state index in [2.05, 4.69) is 0 Å². The molecule has 1 unspecified atom stereocenters. The van der Waals surface area contributed by atoms with Crippen LogP contribution in [-0.4, -0.2) is 31.9 Å². The summed E-state index contributed by atoms with van der Waals surface area (Å²) in [5.41, 5.74) is 0.237. The number of hydrogen-bond acceptors (Lipinski definition) is 7. The summed E-state index contributed by atoms with van der Waals surface area (Å²) in [4.78, 5) is 27.9. The molecule has 2 aromatic heterocycles. The highest BCUT2D eigenvalue weighted by Gasteiger charge is 2.44. The molecule has 0 spiro atoms. The fourth-order valence-corrected chi connectivity index (χ4v) is 3.92. The lowest BCUT2D eigenvalue weighted by atomic mass is 9.94. The van der Waals surface area contributed by atoms with Crippen LogP contribution in [-0.2, 0) is 11.3 Å². The fraction of sp³-hybridized carbons (Fsp3) is 0.100. The highest BCUT2D eigenvalue weighted by molar-refractivity contribution is 7.09. The summed E-state index contributed by atoms with van der Waals surface area (Å²) in [6, 6.07) is 9.73. The molecule has 1 aromatic carbocycles. The molecule has 28 heavy (non-hydrogen) atoms. The first-order chi connectivity index (χ1) is 13.5. The van der Waals surface area contributed by atoms with Crippen LogP contribution in [0.2, 0.25) is 0 Å². The topological polar surface area (TPSA) is 111 Å². The number of phenolic OH excluding ortho intramolecular Hbond substituents is 2. The largest absolute Gasteiger partial charge is 0.504 e. The zero-order valence-electron chi connectivity index (χ0n) is 14.4. The SMILES string of the molecule is O=C(C1=C(O)C(=O)N(Cc2cccs2)C1c1ccc(O)c(O)c1)c1ccco1. The second-order valence-corrected chi connectivity index (χ2v) is 7.26. The molecule has 1 atom stereocenters. The first-order valence-corrected chi connectivity index (χ1v) is 9.22. The van der Waals surface area contributed by atoms with Gasteiger partial charge in [-0.25, -0.2) is 0 Å². The second-order valence-electron chi connectivity index (χ2n) is 6.23. The standard InChI is InChI=1S/C20H15NO6S/c22-13-6-5-11(9-14(13)23)17-16(18(24)15-4-1-7-27-15)19(25)20(26)21(17)10-12-3-2-8-28-12/h1-9,17,22-23,25H,10H2. The molecule has 3 heterocycles. The normalized spacial score (nSPS) is 16.8. The number of rotatable bonds is 5. The van der Waals surface area contributed by atoms with E-state index in [1.54, 1.807) is 0 Å². The summed E-state index contributed by atoms with van der Waals surface area (Å²) in [6.45, 7) is 0.168. The van der Waals surface area contributed by atoms with Crippen molar-refractivity contribution in [3.63, 3.8) is 0 Å². The predicted octanol–water partition coefficient (Wildman–Crippen LogP) is 3.53. The van der Waals surface area contributed by atoms with Gasteiger partial charge >= 0.3 is 0 Å². The number of benzene rings is 1. The number of aliphatic hydroxyl groups is 1. The van der Waals surface area contributed by atoms with Crippen molar-refractivity contribution in [3.05, 3.63) is 81.6 Å². The van der Waals surface area contributed by atoms with E-state index in [4.69, 9.17) is 4.42 Å². The summed E-state index contributed by atoms with van der Waals surface area (Å²) in [6.07, 6.45) is 1.33. The summed E-state index contributed by atoms with van der Waals surface area (Å²) in [5, 5.41) is 31.9. The Hall–Kier alpha value is -3.52. The average molecular weight is 397 g/mol. The van der Waals surface area contributed by atoms with Crippen LogP contribution in [0.5, 0.6) is 11.5 Å². The third-order valence-corrected chi connectivity index (χ3v) is 5.38. The molecule has 3 N–H and O–H groups in total. The Bertz CT molecular complexity index is 1070. The van der Waals surface area contributed by atoms with Gasteiger partial charge in [0.15, 0.2) is 23.0 Å². The maximum atomic E-state index is 12.9. The van der Waals surface area contributed by atoms with Crippen molar-refractivity contribution in [2.45, 2.75) is 12.6 Å². The Morgan fingerprint density at radius 3 is 2.57 bits per heavy atom. The molecule has 0 radical (unpaired) electrons. The van der Waals surface area contributed by atoms with Gasteiger partial charge in [0.2, 0.25) is 5.78 Å². The molecule has 0 bridgehead atoms. The fourth-order valence-electron chi connectivity index (χ4n) is 3.22. The van der Waals surface area contributed by atoms with Crippen molar-refractivity contribution in [1.82, 2.24) is 4.90 Å². The van der Waals surface area contributed by atoms with Gasteiger partial charge in [-0.2, -0.15) is 0 Å². The number of thiophene rings is 1. The first-order valence-electron chi connectivity index (χ1n) is 8.34. The second kappa shape index (κ2) is 6.90. The molecular formula is C20H15NO6S. The van der Waals surface area contributed by atoms with E-state index in [0.29, 0.717) is 5.56 Å². The van der Waals surface area contributed by atoms with Gasteiger partial charge in [-0.15, -0.1) is 11.3 Å². The van der Waals surface area contributed by atoms with E-state index >= 15 is 0 Å². The molecule has 7 nitrogen and oxygen atoms in total. The molecule has 0 saturated carbocycles. The van der Waals surface area contributed by atoms with Crippen molar-refractivity contribution in [2.24, 2.45) is 0 Å². The Balaban J connectivity index is 1.83. The summed E-state index contributed by atoms with van der Waals surface area (Å²) < 4.78 is 5.15. The highest BCUT2D eigenvalue weighted by Crippen LogP contribution is 2.42. The minimum absolute atomic E-state index is 0.0136. The van der Waals surface area contributed by atoms with Crippen LogP contribution in [0.1, 0.15) is 27.0 Å². The Morgan fingerprint density at radius 1 is 1.11 bits per heavy atom. The number of phenols is 2. The maximum absolute atomic E-state index is 12.9. The minimum Gasteiger partial charge on any atom is -0.504 e. The van der Waals surface area contributed by atoms with Crippen molar-refractivity contribution in [2.75, 3.05) is 0 Å². The lowest BCUT2D eigenvalue weighted by Crippen LogP contribution is -2.30. The van der Waals surface area contributed by atoms with Crippen LogP contribution < -0.4 is 0 Å². The summed E-state index contributed by atoms with van der Waals surface area (Å²) in [7, 11) is 0. The van der Waals surface area contributed by atoms with Crippen LogP contribution in [0.15, 0.2) is 69.9 Å².